The van der Waals surface area contributed by atoms with Crippen molar-refractivity contribution < 1.29 is 4.92 Å². The Kier molecular flexibility index (Phi) is 3.88. The molecule has 0 aliphatic heterocycles. The molecule has 1 aromatic carbocycles. The number of nitro benzene ring substituents is 1. The van der Waals surface area contributed by atoms with Crippen LogP contribution in [0.1, 0.15) is 13.8 Å². The van der Waals surface area contributed by atoms with Crippen LogP contribution < -0.4 is 11.1 Å². The number of anilines is 1. The molecular weight excluding hydrogens is 274 g/mol. The second-order valence-electron chi connectivity index (χ2n) is 4.26. The topological polar surface area (TPSA) is 81.2 Å². The average Bonchev–Trinajstić information content (AvgIpc) is 2.13. The molecule has 0 unspecified atom stereocenters. The molecule has 1 aromatic rings. The van der Waals surface area contributed by atoms with Crippen LogP contribution in [0, 0.1) is 10.1 Å². The molecule has 3 N–H and O–H groups in total. The number of nitrogens with one attached hydrogen (secondary N) is 1. The number of nitrogens with zero attached hydrogens (tertiary/aromatic N) is 1. The summed E-state index contributed by atoms with van der Waals surface area (Å²) in [5, 5.41) is 13.8. The molecule has 0 heterocycles. The smallest absolute Gasteiger partial charge is 0.292 e. The Balaban J connectivity index is 2.93. The highest BCUT2D eigenvalue weighted by molar-refractivity contribution is 9.10. The Morgan fingerprint density at radius 2 is 2.19 bits per heavy atom. The van der Waals surface area contributed by atoms with Gasteiger partial charge in [0, 0.05) is 22.6 Å². The van der Waals surface area contributed by atoms with Crippen LogP contribution in [0.15, 0.2) is 22.7 Å². The van der Waals surface area contributed by atoms with Crippen LogP contribution in [0.2, 0.25) is 0 Å². The first-order valence-corrected chi connectivity index (χ1v) is 5.55. The van der Waals surface area contributed by atoms with Crippen molar-refractivity contribution >= 4 is 27.3 Å². The molecule has 6 heteroatoms. The van der Waals surface area contributed by atoms with Crippen LogP contribution >= 0.6 is 15.9 Å². The molecule has 5 nitrogen and oxygen atoms in total. The third-order valence-electron chi connectivity index (χ3n) is 1.89. The van der Waals surface area contributed by atoms with Crippen LogP contribution in [-0.4, -0.2) is 17.0 Å². The number of hydrogen-bond donors (Lipinski definition) is 2. The van der Waals surface area contributed by atoms with Gasteiger partial charge in [0.15, 0.2) is 0 Å². The molecule has 16 heavy (non-hydrogen) atoms. The maximum Gasteiger partial charge on any atom is 0.292 e. The zero-order chi connectivity index (χ0) is 12.3. The van der Waals surface area contributed by atoms with E-state index >= 15 is 0 Å². The third kappa shape index (κ3) is 3.79. The zero-order valence-corrected chi connectivity index (χ0v) is 10.7. The first-order chi connectivity index (χ1) is 7.29. The van der Waals surface area contributed by atoms with Crippen LogP contribution in [0.3, 0.4) is 0 Å². The van der Waals surface area contributed by atoms with Gasteiger partial charge >= 0.3 is 0 Å². The predicted molar refractivity (Wildman–Crippen MR) is 67.6 cm³/mol. The summed E-state index contributed by atoms with van der Waals surface area (Å²) in [6, 6.07) is 4.76. The van der Waals surface area contributed by atoms with Crippen molar-refractivity contribution in [2.24, 2.45) is 5.73 Å². The van der Waals surface area contributed by atoms with Gasteiger partial charge in [-0.1, -0.05) is 15.9 Å². The SMILES string of the molecule is CC(C)(N)CNc1cc(Br)ccc1[N+](=O)[O-]. The van der Waals surface area contributed by atoms with Gasteiger partial charge in [0.25, 0.3) is 5.69 Å². The largest absolute Gasteiger partial charge is 0.378 e. The molecule has 0 aliphatic carbocycles. The van der Waals surface area contributed by atoms with E-state index in [2.05, 4.69) is 21.2 Å². The number of nitrogens with two attached hydrogens (primary N) is 1. The van der Waals surface area contributed by atoms with Gasteiger partial charge in [-0.3, -0.25) is 10.1 Å². The Morgan fingerprint density at radius 1 is 1.56 bits per heavy atom. The molecule has 0 aromatic heterocycles. The van der Waals surface area contributed by atoms with E-state index in [4.69, 9.17) is 5.73 Å². The van der Waals surface area contributed by atoms with E-state index in [1.165, 1.54) is 6.07 Å². The quantitative estimate of drug-likeness (QED) is 0.659. The molecule has 0 spiro atoms. The van der Waals surface area contributed by atoms with Crippen molar-refractivity contribution in [3.63, 3.8) is 0 Å². The lowest BCUT2D eigenvalue weighted by atomic mass is 10.1. The van der Waals surface area contributed by atoms with E-state index in [0.717, 1.165) is 4.47 Å². The van der Waals surface area contributed by atoms with E-state index in [9.17, 15) is 10.1 Å². The number of nitro groups is 1. The summed E-state index contributed by atoms with van der Waals surface area (Å²) >= 11 is 3.27. The lowest BCUT2D eigenvalue weighted by Crippen LogP contribution is -2.39. The summed E-state index contributed by atoms with van der Waals surface area (Å²) in [5.41, 5.74) is 5.90. The minimum absolute atomic E-state index is 0.0486. The van der Waals surface area contributed by atoms with Crippen molar-refractivity contribution in [1.29, 1.82) is 0 Å². The van der Waals surface area contributed by atoms with Crippen LogP contribution in [-0.2, 0) is 0 Å². The average molecular weight is 288 g/mol. The Hall–Kier alpha value is -1.14. The summed E-state index contributed by atoms with van der Waals surface area (Å²) in [5.74, 6) is 0. The molecule has 0 radical (unpaired) electrons. The molecule has 0 fully saturated rings. The first-order valence-electron chi connectivity index (χ1n) is 4.76. The van der Waals surface area contributed by atoms with Crippen molar-refractivity contribution in [2.75, 3.05) is 11.9 Å². The fourth-order valence-corrected chi connectivity index (χ4v) is 1.49. The molecule has 0 saturated heterocycles. The number of rotatable bonds is 4. The predicted octanol–water partition coefficient (Wildman–Crippen LogP) is 2.51. The van der Waals surface area contributed by atoms with E-state index in [0.29, 0.717) is 12.2 Å². The van der Waals surface area contributed by atoms with E-state index in [1.807, 2.05) is 13.8 Å². The maximum atomic E-state index is 10.8. The number of hydrogen-bond acceptors (Lipinski definition) is 4. The second-order valence-corrected chi connectivity index (χ2v) is 5.18. The van der Waals surface area contributed by atoms with E-state index in [-0.39, 0.29) is 5.69 Å². The van der Waals surface area contributed by atoms with Gasteiger partial charge in [-0.15, -0.1) is 0 Å². The van der Waals surface area contributed by atoms with Crippen LogP contribution in [0.4, 0.5) is 11.4 Å². The Morgan fingerprint density at radius 3 is 2.69 bits per heavy atom. The molecule has 88 valence electrons. The molecule has 0 bridgehead atoms. The van der Waals surface area contributed by atoms with E-state index < -0.39 is 10.5 Å². The van der Waals surface area contributed by atoms with Crippen LogP contribution in [0.5, 0.6) is 0 Å². The Bertz CT molecular complexity index is 402. The first kappa shape index (κ1) is 12.9. The van der Waals surface area contributed by atoms with Crippen molar-refractivity contribution in [3.8, 4) is 0 Å². The number of benzene rings is 1. The van der Waals surface area contributed by atoms with Gasteiger partial charge in [-0.25, -0.2) is 0 Å². The highest BCUT2D eigenvalue weighted by atomic mass is 79.9. The highest BCUT2D eigenvalue weighted by Crippen LogP contribution is 2.27. The summed E-state index contributed by atoms with van der Waals surface area (Å²) in [6.07, 6.45) is 0. The molecule has 1 rings (SSSR count). The normalized spacial score (nSPS) is 11.2. The second kappa shape index (κ2) is 4.80. The monoisotopic (exact) mass is 287 g/mol. The molecule has 0 atom stereocenters. The highest BCUT2D eigenvalue weighted by Gasteiger charge is 2.16. The summed E-state index contributed by atoms with van der Waals surface area (Å²) in [7, 11) is 0. The molecule has 0 amide bonds. The van der Waals surface area contributed by atoms with Crippen molar-refractivity contribution in [1.82, 2.24) is 0 Å². The third-order valence-corrected chi connectivity index (χ3v) is 2.38. The minimum Gasteiger partial charge on any atom is -0.378 e. The van der Waals surface area contributed by atoms with Gasteiger partial charge in [-0.05, 0) is 26.0 Å². The summed E-state index contributed by atoms with van der Waals surface area (Å²) < 4.78 is 0.787. The Labute approximate surface area is 102 Å². The van der Waals surface area contributed by atoms with Gasteiger partial charge < -0.3 is 11.1 Å². The zero-order valence-electron chi connectivity index (χ0n) is 9.16. The lowest BCUT2D eigenvalue weighted by Gasteiger charge is -2.19. The van der Waals surface area contributed by atoms with E-state index in [1.54, 1.807) is 12.1 Å². The molecule has 0 saturated carbocycles. The minimum atomic E-state index is -0.420. The number of halogens is 1. The van der Waals surface area contributed by atoms with Crippen molar-refractivity contribution in [3.05, 3.63) is 32.8 Å². The molecule has 0 aliphatic rings. The summed E-state index contributed by atoms with van der Waals surface area (Å²) in [4.78, 5) is 10.4. The molecular formula is C10H14BrN3O2. The van der Waals surface area contributed by atoms with Crippen molar-refractivity contribution in [2.45, 2.75) is 19.4 Å². The lowest BCUT2D eigenvalue weighted by molar-refractivity contribution is -0.384. The fourth-order valence-electron chi connectivity index (χ4n) is 1.13. The maximum absolute atomic E-state index is 10.8. The summed E-state index contributed by atoms with van der Waals surface area (Å²) in [6.45, 7) is 4.16. The standard InChI is InChI=1S/C10H14BrN3O2/c1-10(2,12)6-13-8-5-7(11)3-4-9(8)14(15)16/h3-5,13H,6,12H2,1-2H3. The van der Waals surface area contributed by atoms with Crippen LogP contribution in [0.25, 0.3) is 0 Å². The fraction of sp³-hybridized carbons (Fsp3) is 0.400. The van der Waals surface area contributed by atoms with Gasteiger partial charge in [-0.2, -0.15) is 0 Å². The van der Waals surface area contributed by atoms with Gasteiger partial charge in [0.05, 0.1) is 4.92 Å². The van der Waals surface area contributed by atoms with Gasteiger partial charge in [0.1, 0.15) is 5.69 Å². The van der Waals surface area contributed by atoms with Gasteiger partial charge in [0.2, 0.25) is 0 Å².